The van der Waals surface area contributed by atoms with Crippen LogP contribution in [0.4, 0.5) is 4.39 Å². The molecule has 0 unspecified atom stereocenters. The third-order valence-corrected chi connectivity index (χ3v) is 4.15. The maximum atomic E-state index is 13.8. The van der Waals surface area contributed by atoms with E-state index in [1.807, 2.05) is 23.6 Å². The number of nitrogens with one attached hydrogen (secondary N) is 1. The van der Waals surface area contributed by atoms with Gasteiger partial charge in [0.15, 0.2) is 5.69 Å². The smallest absolute Gasteiger partial charge is 0.274 e. The zero-order valence-electron chi connectivity index (χ0n) is 12.4. The van der Waals surface area contributed by atoms with Gasteiger partial charge in [0.2, 0.25) is 0 Å². The molecule has 8 heteroatoms. The molecule has 2 heterocycles. The number of nitrogens with zero attached hydrogens (tertiary/aromatic N) is 4. The molecule has 1 N–H and O–H groups in total. The topological polar surface area (TPSA) is 83.6 Å². The second-order valence-electron chi connectivity index (χ2n) is 4.94. The van der Waals surface area contributed by atoms with Gasteiger partial charge < -0.3 is 5.32 Å². The molecule has 0 spiro atoms. The van der Waals surface area contributed by atoms with Gasteiger partial charge >= 0.3 is 0 Å². The lowest BCUT2D eigenvalue weighted by atomic mass is 10.1. The Kier molecular flexibility index (Phi) is 4.63. The van der Waals surface area contributed by atoms with E-state index >= 15 is 0 Å². The molecule has 3 aromatic rings. The third-order valence-electron chi connectivity index (χ3n) is 3.29. The molecule has 0 radical (unpaired) electrons. The fraction of sp³-hybridized carbons (Fsp3) is 0.125. The van der Waals surface area contributed by atoms with Crippen molar-refractivity contribution in [3.05, 3.63) is 69.9 Å². The first-order valence-corrected chi connectivity index (χ1v) is 7.93. The first-order valence-electron chi connectivity index (χ1n) is 7.05. The van der Waals surface area contributed by atoms with Gasteiger partial charge in [-0.25, -0.2) is 9.07 Å². The Morgan fingerprint density at radius 3 is 2.92 bits per heavy atom. The quantitative estimate of drug-likeness (QED) is 0.773. The van der Waals surface area contributed by atoms with Crippen LogP contribution in [-0.2, 0) is 6.54 Å². The predicted octanol–water partition coefficient (Wildman–Crippen LogP) is 2.52. The van der Waals surface area contributed by atoms with Crippen LogP contribution in [0.15, 0.2) is 48.0 Å². The van der Waals surface area contributed by atoms with Crippen LogP contribution in [0.3, 0.4) is 0 Å². The maximum absolute atomic E-state index is 13.8. The molecule has 24 heavy (non-hydrogen) atoms. The molecule has 2 aromatic heterocycles. The highest BCUT2D eigenvalue weighted by Gasteiger charge is 2.20. The summed E-state index contributed by atoms with van der Waals surface area (Å²) in [5, 5.41) is 21.3. The Balaban J connectivity index is 1.71. The molecular weight excluding hydrogens is 329 g/mol. The molecule has 0 saturated carbocycles. The number of aromatic nitrogens is 3. The third kappa shape index (κ3) is 3.47. The minimum absolute atomic E-state index is 0.0724. The summed E-state index contributed by atoms with van der Waals surface area (Å²) in [6, 6.07) is 10.5. The lowest BCUT2D eigenvalue weighted by Crippen LogP contribution is -2.28. The van der Waals surface area contributed by atoms with E-state index in [4.69, 9.17) is 0 Å². The maximum Gasteiger partial charge on any atom is 0.274 e. The van der Waals surface area contributed by atoms with E-state index in [0.29, 0.717) is 6.54 Å². The fourth-order valence-corrected chi connectivity index (χ4v) is 2.83. The van der Waals surface area contributed by atoms with Crippen molar-refractivity contribution in [1.82, 2.24) is 20.3 Å². The summed E-state index contributed by atoms with van der Waals surface area (Å²) >= 11 is 1.57. The molecule has 6 nitrogen and oxygen atoms in total. The van der Waals surface area contributed by atoms with E-state index < -0.39 is 17.8 Å². The van der Waals surface area contributed by atoms with Gasteiger partial charge in [-0.2, -0.15) is 5.26 Å². The van der Waals surface area contributed by atoms with Crippen molar-refractivity contribution in [2.75, 3.05) is 0 Å². The van der Waals surface area contributed by atoms with E-state index in [0.717, 1.165) is 4.88 Å². The summed E-state index contributed by atoms with van der Waals surface area (Å²) < 4.78 is 15.3. The van der Waals surface area contributed by atoms with Crippen LogP contribution in [0.5, 0.6) is 0 Å². The summed E-state index contributed by atoms with van der Waals surface area (Å²) in [6.07, 6.45) is 1.49. The van der Waals surface area contributed by atoms with Gasteiger partial charge in [-0.1, -0.05) is 29.5 Å². The molecule has 0 aliphatic carbocycles. The lowest BCUT2D eigenvalue weighted by Gasteiger charge is -2.11. The van der Waals surface area contributed by atoms with Gasteiger partial charge in [0.25, 0.3) is 5.91 Å². The van der Waals surface area contributed by atoms with Crippen LogP contribution in [0.25, 0.3) is 0 Å². The average Bonchev–Trinajstić information content (AvgIpc) is 3.26. The van der Waals surface area contributed by atoms with Crippen LogP contribution in [-0.4, -0.2) is 20.9 Å². The van der Waals surface area contributed by atoms with Gasteiger partial charge in [0, 0.05) is 10.4 Å². The molecular formula is C16H12FN5OS. The Morgan fingerprint density at radius 1 is 1.38 bits per heavy atom. The van der Waals surface area contributed by atoms with Gasteiger partial charge in [0.1, 0.15) is 11.9 Å². The Bertz CT molecular complexity index is 884. The molecule has 1 atom stereocenters. The minimum atomic E-state index is -1.10. The van der Waals surface area contributed by atoms with E-state index in [1.165, 1.54) is 29.1 Å². The standard InChI is InChI=1S/C16H12FN5OS/c17-13-6-2-1-5-12(13)14(8-18)19-16(23)15-10-22(21-20-15)9-11-4-3-7-24-11/h1-7,10,14H,9H2,(H,19,23)/t14-/m0/s1. The van der Waals surface area contributed by atoms with Gasteiger partial charge in [-0.3, -0.25) is 4.79 Å². The Morgan fingerprint density at radius 2 is 2.21 bits per heavy atom. The van der Waals surface area contributed by atoms with Crippen LogP contribution in [0.2, 0.25) is 0 Å². The van der Waals surface area contributed by atoms with E-state index in [2.05, 4.69) is 15.6 Å². The van der Waals surface area contributed by atoms with Crippen LogP contribution >= 0.6 is 11.3 Å². The SMILES string of the molecule is N#C[C@H](NC(=O)c1cn(Cc2cccs2)nn1)c1ccccc1F. The summed E-state index contributed by atoms with van der Waals surface area (Å²) in [5.41, 5.74) is 0.183. The number of hydrogen-bond acceptors (Lipinski definition) is 5. The lowest BCUT2D eigenvalue weighted by molar-refractivity contribution is 0.0939. The normalized spacial score (nSPS) is 11.7. The highest BCUT2D eigenvalue weighted by atomic mass is 32.1. The van der Waals surface area contributed by atoms with Crippen molar-refractivity contribution in [1.29, 1.82) is 5.26 Å². The molecule has 1 aromatic carbocycles. The number of nitriles is 1. The molecule has 120 valence electrons. The zero-order chi connectivity index (χ0) is 16.9. The molecule has 0 bridgehead atoms. The average molecular weight is 341 g/mol. The first-order chi connectivity index (χ1) is 11.7. The fourth-order valence-electron chi connectivity index (χ4n) is 2.14. The number of benzene rings is 1. The van der Waals surface area contributed by atoms with Crippen molar-refractivity contribution in [2.45, 2.75) is 12.6 Å². The highest BCUT2D eigenvalue weighted by molar-refractivity contribution is 7.09. The number of hydrogen-bond donors (Lipinski definition) is 1. The van der Waals surface area contributed by atoms with Crippen LogP contribution < -0.4 is 5.32 Å². The molecule has 0 fully saturated rings. The molecule has 1 amide bonds. The van der Waals surface area contributed by atoms with E-state index in [1.54, 1.807) is 17.4 Å². The predicted molar refractivity (Wildman–Crippen MR) is 85.7 cm³/mol. The summed E-state index contributed by atoms with van der Waals surface area (Å²) in [4.78, 5) is 13.3. The largest absolute Gasteiger partial charge is 0.331 e. The van der Waals surface area contributed by atoms with Crippen molar-refractivity contribution in [3.8, 4) is 6.07 Å². The number of halogens is 1. The van der Waals surface area contributed by atoms with Crippen molar-refractivity contribution >= 4 is 17.2 Å². The summed E-state index contributed by atoms with van der Waals surface area (Å²) in [6.45, 7) is 0.507. The minimum Gasteiger partial charge on any atom is -0.331 e. The number of amides is 1. The van der Waals surface area contributed by atoms with Crippen molar-refractivity contribution in [2.24, 2.45) is 0 Å². The monoisotopic (exact) mass is 341 g/mol. The molecule has 0 aliphatic rings. The Labute approximate surface area is 141 Å². The molecule has 0 saturated heterocycles. The zero-order valence-corrected chi connectivity index (χ0v) is 13.2. The number of carbonyl (C=O) groups is 1. The summed E-state index contributed by atoms with van der Waals surface area (Å²) in [7, 11) is 0. The first kappa shape index (κ1) is 15.8. The van der Waals surface area contributed by atoms with E-state index in [-0.39, 0.29) is 11.3 Å². The number of carbonyl (C=O) groups excluding carboxylic acids is 1. The van der Waals surface area contributed by atoms with Gasteiger partial charge in [0.05, 0.1) is 18.8 Å². The van der Waals surface area contributed by atoms with Crippen molar-refractivity contribution < 1.29 is 9.18 Å². The van der Waals surface area contributed by atoms with Crippen molar-refractivity contribution in [3.63, 3.8) is 0 Å². The van der Waals surface area contributed by atoms with Gasteiger partial charge in [-0.15, -0.1) is 16.4 Å². The highest BCUT2D eigenvalue weighted by Crippen LogP contribution is 2.16. The number of rotatable bonds is 5. The molecule has 0 aliphatic heterocycles. The van der Waals surface area contributed by atoms with Crippen LogP contribution in [0.1, 0.15) is 27.0 Å². The van der Waals surface area contributed by atoms with Gasteiger partial charge in [-0.05, 0) is 17.5 Å². The second kappa shape index (κ2) is 7.02. The molecule has 3 rings (SSSR count). The van der Waals surface area contributed by atoms with E-state index in [9.17, 15) is 14.4 Å². The Hall–Kier alpha value is -3.05. The second-order valence-corrected chi connectivity index (χ2v) is 5.97. The summed E-state index contributed by atoms with van der Waals surface area (Å²) in [5.74, 6) is -1.13. The van der Waals surface area contributed by atoms with Crippen LogP contribution in [0, 0.1) is 17.1 Å². The number of thiophene rings is 1.